The first-order valence-corrected chi connectivity index (χ1v) is 13.9. The number of halogens is 1. The summed E-state index contributed by atoms with van der Waals surface area (Å²) >= 11 is 7.24. The fourth-order valence-corrected chi connectivity index (χ4v) is 5.70. The molecule has 0 spiro atoms. The van der Waals surface area contributed by atoms with Crippen LogP contribution in [-0.2, 0) is 21.4 Å². The van der Waals surface area contributed by atoms with Crippen LogP contribution in [0.1, 0.15) is 29.3 Å². The number of ether oxygens (including phenoxy) is 1. The molecule has 1 aromatic carbocycles. The first kappa shape index (κ1) is 25.1. The quantitative estimate of drug-likeness (QED) is 0.279. The van der Waals surface area contributed by atoms with Crippen molar-refractivity contribution in [2.75, 3.05) is 18.4 Å². The van der Waals surface area contributed by atoms with Gasteiger partial charge in [0.2, 0.25) is 10.0 Å². The molecule has 11 nitrogen and oxygen atoms in total. The summed E-state index contributed by atoms with van der Waals surface area (Å²) in [6, 6.07) is 14.4. The van der Waals surface area contributed by atoms with E-state index in [1.54, 1.807) is 11.0 Å². The van der Waals surface area contributed by atoms with E-state index in [0.717, 1.165) is 29.0 Å². The van der Waals surface area contributed by atoms with Gasteiger partial charge in [0.25, 0.3) is 0 Å². The third-order valence-corrected chi connectivity index (χ3v) is 8.56. The van der Waals surface area contributed by atoms with E-state index in [0.29, 0.717) is 35.4 Å². The lowest BCUT2D eigenvalue weighted by molar-refractivity contribution is 0.104. The van der Waals surface area contributed by atoms with Crippen molar-refractivity contribution < 1.29 is 23.7 Å². The number of aromatic amines is 1. The minimum absolute atomic E-state index is 0. The number of nitrogens with two attached hydrogens (primary N) is 1. The van der Waals surface area contributed by atoms with Crippen LogP contribution in [0.3, 0.4) is 0 Å². The summed E-state index contributed by atoms with van der Waals surface area (Å²) in [7, 11) is -3.81. The van der Waals surface area contributed by atoms with E-state index in [1.807, 2.05) is 36.4 Å². The Labute approximate surface area is 227 Å². The fourth-order valence-electron chi connectivity index (χ4n) is 3.89. The maximum atomic E-state index is 12.5. The monoisotopic (exact) mass is 567 g/mol. The SMILES string of the molecule is NS(=O)(=O)c1ccc(-c2ncc(Cl)c(Nc3cc(C4CCN(C(=O)OCc5ccccc5)C4)[nH]n3)n2)s1.[HH].[HH].[HH].[HH]. The summed E-state index contributed by atoms with van der Waals surface area (Å²) < 4.78 is 28.6. The molecular formula is C23H30ClN7O4S2. The molecule has 4 heterocycles. The number of aromatic nitrogens is 4. The van der Waals surface area contributed by atoms with Crippen molar-refractivity contribution in [3.8, 4) is 10.7 Å². The van der Waals surface area contributed by atoms with Gasteiger partial charge in [-0.2, -0.15) is 5.10 Å². The Morgan fingerprint density at radius 1 is 1.30 bits per heavy atom. The molecule has 0 radical (unpaired) electrons. The van der Waals surface area contributed by atoms with Gasteiger partial charge in [-0.25, -0.2) is 28.3 Å². The molecule has 1 atom stereocenters. The number of benzene rings is 1. The van der Waals surface area contributed by atoms with Crippen LogP contribution in [-0.4, -0.2) is 52.7 Å². The van der Waals surface area contributed by atoms with Crippen molar-refractivity contribution in [2.24, 2.45) is 5.14 Å². The second kappa shape index (κ2) is 10.5. The van der Waals surface area contributed by atoms with Crippen molar-refractivity contribution in [3.63, 3.8) is 0 Å². The molecule has 3 aromatic heterocycles. The molecule has 37 heavy (non-hydrogen) atoms. The van der Waals surface area contributed by atoms with Gasteiger partial charge in [0.15, 0.2) is 17.5 Å². The number of hydrogen-bond donors (Lipinski definition) is 3. The summed E-state index contributed by atoms with van der Waals surface area (Å²) in [5.74, 6) is 1.17. The Bertz CT molecular complexity index is 1540. The van der Waals surface area contributed by atoms with Crippen LogP contribution < -0.4 is 10.5 Å². The molecule has 1 aliphatic rings. The standard InChI is InChI=1S/C23H22ClN7O4S2.4H2/c24-16-11-26-22(18-6-7-20(36-18)37(25,33)34)28-21(16)27-19-10-17(29-30-19)15-8-9-31(12-15)23(32)35-13-14-4-2-1-3-5-14;;;;/h1-7,10-11,15H,8-9,12-13H2,(H2,25,33,34)(H2,26,27,28,29,30);4*1H. The van der Waals surface area contributed by atoms with Gasteiger partial charge in [-0.1, -0.05) is 41.9 Å². The van der Waals surface area contributed by atoms with E-state index in [4.69, 9.17) is 21.5 Å². The van der Waals surface area contributed by atoms with Crippen LogP contribution in [0, 0.1) is 0 Å². The number of hydrogen-bond acceptors (Lipinski definition) is 9. The maximum absolute atomic E-state index is 12.5. The summed E-state index contributed by atoms with van der Waals surface area (Å²) in [5, 5.41) is 15.8. The number of H-pyrrole nitrogens is 1. The number of likely N-dealkylation sites (tertiary alicyclic amines) is 1. The number of amides is 1. The van der Waals surface area contributed by atoms with Gasteiger partial charge in [0.1, 0.15) is 15.8 Å². The maximum Gasteiger partial charge on any atom is 0.410 e. The van der Waals surface area contributed by atoms with Crippen molar-refractivity contribution in [1.29, 1.82) is 0 Å². The van der Waals surface area contributed by atoms with Gasteiger partial charge in [0.05, 0.1) is 11.1 Å². The molecular weight excluding hydrogens is 538 g/mol. The molecule has 1 amide bonds. The van der Waals surface area contributed by atoms with E-state index < -0.39 is 10.0 Å². The molecule has 0 saturated carbocycles. The predicted octanol–water partition coefficient (Wildman–Crippen LogP) is 5.08. The third-order valence-electron chi connectivity index (χ3n) is 5.76. The van der Waals surface area contributed by atoms with E-state index >= 15 is 0 Å². The van der Waals surface area contributed by atoms with Crippen LogP contribution in [0.2, 0.25) is 5.02 Å². The Hall–Kier alpha value is -3.52. The van der Waals surface area contributed by atoms with Crippen molar-refractivity contribution in [2.45, 2.75) is 23.2 Å². The van der Waals surface area contributed by atoms with E-state index in [1.165, 1.54) is 12.3 Å². The average Bonchev–Trinajstić information content (AvgIpc) is 3.65. The van der Waals surface area contributed by atoms with Gasteiger partial charge in [-0.05, 0) is 24.1 Å². The van der Waals surface area contributed by atoms with E-state index in [2.05, 4.69) is 25.5 Å². The lowest BCUT2D eigenvalue weighted by Gasteiger charge is -2.16. The lowest BCUT2D eigenvalue weighted by atomic mass is 10.1. The number of nitrogens with zero attached hydrogens (tertiary/aromatic N) is 4. The second-order valence-corrected chi connectivity index (χ2v) is 11.6. The summed E-state index contributed by atoms with van der Waals surface area (Å²) in [4.78, 5) is 23.3. The topological polar surface area (TPSA) is 156 Å². The molecule has 4 aromatic rings. The number of nitrogens with one attached hydrogen (secondary N) is 2. The highest BCUT2D eigenvalue weighted by Gasteiger charge is 2.29. The van der Waals surface area contributed by atoms with Gasteiger partial charge in [-0.15, -0.1) is 11.3 Å². The van der Waals surface area contributed by atoms with Crippen molar-refractivity contribution in [1.82, 2.24) is 25.1 Å². The van der Waals surface area contributed by atoms with Crippen LogP contribution >= 0.6 is 22.9 Å². The smallest absolute Gasteiger partial charge is 0.410 e. The van der Waals surface area contributed by atoms with Crippen LogP contribution in [0.4, 0.5) is 16.4 Å². The summed E-state index contributed by atoms with van der Waals surface area (Å²) in [6.07, 6.45) is 1.85. The molecule has 1 saturated heterocycles. The highest BCUT2D eigenvalue weighted by molar-refractivity contribution is 7.91. The minimum Gasteiger partial charge on any atom is -0.445 e. The normalized spacial score (nSPS) is 15.6. The number of anilines is 2. The summed E-state index contributed by atoms with van der Waals surface area (Å²) in [5.41, 5.74) is 1.80. The van der Waals surface area contributed by atoms with Gasteiger partial charge < -0.3 is 15.0 Å². The van der Waals surface area contributed by atoms with Gasteiger partial charge >= 0.3 is 6.09 Å². The van der Waals surface area contributed by atoms with Crippen LogP contribution in [0.5, 0.6) is 0 Å². The van der Waals surface area contributed by atoms with E-state index in [9.17, 15) is 13.2 Å². The van der Waals surface area contributed by atoms with Crippen molar-refractivity contribution >= 4 is 50.7 Å². The molecule has 0 bridgehead atoms. The average molecular weight is 568 g/mol. The summed E-state index contributed by atoms with van der Waals surface area (Å²) in [6.45, 7) is 1.33. The number of carbonyl (C=O) groups excluding carboxylic acids is 1. The molecule has 0 aliphatic carbocycles. The van der Waals surface area contributed by atoms with E-state index in [-0.39, 0.29) is 33.6 Å². The number of thiophene rings is 1. The zero-order valence-electron chi connectivity index (χ0n) is 19.3. The zero-order valence-corrected chi connectivity index (χ0v) is 21.7. The number of primary sulfonamides is 1. The highest BCUT2D eigenvalue weighted by Crippen LogP contribution is 2.32. The second-order valence-electron chi connectivity index (χ2n) is 8.36. The third kappa shape index (κ3) is 5.91. The first-order chi connectivity index (χ1) is 17.8. The predicted molar refractivity (Wildman–Crippen MR) is 148 cm³/mol. The van der Waals surface area contributed by atoms with Crippen LogP contribution in [0.25, 0.3) is 10.7 Å². The van der Waals surface area contributed by atoms with Gasteiger partial charge in [-0.3, -0.25) is 5.10 Å². The highest BCUT2D eigenvalue weighted by atomic mass is 35.5. The molecule has 1 aliphatic heterocycles. The first-order valence-electron chi connectivity index (χ1n) is 11.2. The molecule has 14 heteroatoms. The largest absolute Gasteiger partial charge is 0.445 e. The Balaban J connectivity index is 0.00000210. The molecule has 1 unspecified atom stereocenters. The Morgan fingerprint density at radius 3 is 2.86 bits per heavy atom. The molecule has 1 fully saturated rings. The minimum atomic E-state index is -3.81. The molecule has 4 N–H and O–H groups in total. The number of carbonyl (C=O) groups is 1. The lowest BCUT2D eigenvalue weighted by Crippen LogP contribution is -2.29. The van der Waals surface area contributed by atoms with Crippen molar-refractivity contribution in [3.05, 3.63) is 71.0 Å². The number of sulfonamides is 1. The Morgan fingerprint density at radius 2 is 2.11 bits per heavy atom. The molecule has 200 valence electrons. The molecule has 5 rings (SSSR count). The fraction of sp³-hybridized carbons (Fsp3) is 0.217. The number of rotatable bonds is 7. The van der Waals surface area contributed by atoms with Crippen LogP contribution in [0.15, 0.2) is 58.9 Å². The van der Waals surface area contributed by atoms with Gasteiger partial charge in [0, 0.05) is 36.5 Å². The zero-order chi connectivity index (χ0) is 26.0. The Kier molecular flexibility index (Phi) is 7.11.